The molecule has 0 aliphatic carbocycles. The Morgan fingerprint density at radius 1 is 1.55 bits per heavy atom. The quantitative estimate of drug-likeness (QED) is 0.835. The Kier molecular flexibility index (Phi) is 3.85. The normalized spacial score (nSPS) is 23.6. The molecule has 2 aliphatic rings. The monoisotopic (exact) mass is 294 g/mol. The van der Waals surface area contributed by atoms with Crippen molar-refractivity contribution in [3.8, 4) is 5.88 Å². The molecule has 5 nitrogen and oxygen atoms in total. The van der Waals surface area contributed by atoms with Crippen molar-refractivity contribution in [2.24, 2.45) is 0 Å². The van der Waals surface area contributed by atoms with Gasteiger partial charge in [0.2, 0.25) is 11.8 Å². The van der Waals surface area contributed by atoms with E-state index in [0.717, 1.165) is 25.3 Å². The minimum absolute atomic E-state index is 0.0767. The van der Waals surface area contributed by atoms with Crippen molar-refractivity contribution < 1.29 is 14.3 Å². The van der Waals surface area contributed by atoms with Crippen molar-refractivity contribution in [3.05, 3.63) is 24.4 Å². The van der Waals surface area contributed by atoms with Crippen molar-refractivity contribution >= 4 is 17.7 Å². The summed E-state index contributed by atoms with van der Waals surface area (Å²) < 4.78 is 11.0. The summed E-state index contributed by atoms with van der Waals surface area (Å²) in [6.45, 7) is 1.79. The van der Waals surface area contributed by atoms with Gasteiger partial charge in [-0.2, -0.15) is 0 Å². The van der Waals surface area contributed by atoms with E-state index in [1.807, 2.05) is 34.9 Å². The number of ether oxygens (including phenoxy) is 2. The lowest BCUT2D eigenvalue weighted by Gasteiger charge is -2.47. The standard InChI is InChI=1S/C14H18N2O3S/c1-18-7-13(17)16-9-14(10-16)6-11(8-20-14)19-12-4-2-3-5-15-12/h2-5,11H,6-10H2,1H3/t11-/m1/s1. The summed E-state index contributed by atoms with van der Waals surface area (Å²) in [5, 5.41) is 0. The SMILES string of the molecule is COCC(=O)N1CC2(C[C@@H](Oc3ccccn3)CS2)C1. The van der Waals surface area contributed by atoms with E-state index in [1.54, 1.807) is 13.3 Å². The lowest BCUT2D eigenvalue weighted by atomic mass is 9.93. The number of pyridine rings is 1. The summed E-state index contributed by atoms with van der Waals surface area (Å²) in [6.07, 6.45) is 2.90. The van der Waals surface area contributed by atoms with Gasteiger partial charge in [0.1, 0.15) is 12.7 Å². The molecule has 1 atom stereocenters. The number of carbonyl (C=O) groups excluding carboxylic acids is 1. The second-order valence-corrected chi connectivity index (χ2v) is 6.78. The van der Waals surface area contributed by atoms with E-state index in [9.17, 15) is 4.79 Å². The fourth-order valence-corrected chi connectivity index (χ4v) is 4.25. The molecular formula is C14H18N2O3S. The van der Waals surface area contributed by atoms with Gasteiger partial charge in [0.05, 0.1) is 4.75 Å². The predicted molar refractivity (Wildman–Crippen MR) is 76.9 cm³/mol. The van der Waals surface area contributed by atoms with Gasteiger partial charge in [-0.1, -0.05) is 6.07 Å². The van der Waals surface area contributed by atoms with Gasteiger partial charge in [-0.15, -0.1) is 11.8 Å². The van der Waals surface area contributed by atoms with Gasteiger partial charge in [0, 0.05) is 44.6 Å². The van der Waals surface area contributed by atoms with E-state index in [0.29, 0.717) is 5.88 Å². The number of hydrogen-bond acceptors (Lipinski definition) is 5. The number of nitrogens with zero attached hydrogens (tertiary/aromatic N) is 2. The van der Waals surface area contributed by atoms with Crippen molar-refractivity contribution in [3.63, 3.8) is 0 Å². The smallest absolute Gasteiger partial charge is 0.248 e. The molecule has 2 fully saturated rings. The van der Waals surface area contributed by atoms with Crippen molar-refractivity contribution in [2.45, 2.75) is 17.3 Å². The molecule has 108 valence electrons. The Morgan fingerprint density at radius 2 is 2.40 bits per heavy atom. The highest BCUT2D eigenvalue weighted by Gasteiger charge is 2.51. The number of carbonyl (C=O) groups is 1. The van der Waals surface area contributed by atoms with Crippen LogP contribution in [0.5, 0.6) is 5.88 Å². The number of likely N-dealkylation sites (tertiary alicyclic amines) is 1. The summed E-state index contributed by atoms with van der Waals surface area (Å²) >= 11 is 1.91. The summed E-state index contributed by atoms with van der Waals surface area (Å²) in [7, 11) is 1.55. The van der Waals surface area contributed by atoms with Gasteiger partial charge in [0.25, 0.3) is 0 Å². The van der Waals surface area contributed by atoms with Crippen LogP contribution < -0.4 is 4.74 Å². The lowest BCUT2D eigenvalue weighted by Crippen LogP contribution is -2.61. The van der Waals surface area contributed by atoms with Crippen LogP contribution in [-0.4, -0.2) is 59.2 Å². The number of amides is 1. The first-order valence-electron chi connectivity index (χ1n) is 6.69. The van der Waals surface area contributed by atoms with Gasteiger partial charge >= 0.3 is 0 Å². The first-order chi connectivity index (χ1) is 9.71. The highest BCUT2D eigenvalue weighted by molar-refractivity contribution is 8.01. The van der Waals surface area contributed by atoms with Crippen molar-refractivity contribution in [1.82, 2.24) is 9.88 Å². The van der Waals surface area contributed by atoms with E-state index in [4.69, 9.17) is 9.47 Å². The zero-order chi connectivity index (χ0) is 14.0. The highest BCUT2D eigenvalue weighted by atomic mass is 32.2. The molecule has 1 amide bonds. The third-order valence-corrected chi connectivity index (χ3v) is 5.25. The average Bonchev–Trinajstić information content (AvgIpc) is 2.83. The van der Waals surface area contributed by atoms with Crippen LogP contribution in [0.4, 0.5) is 0 Å². The van der Waals surface area contributed by atoms with Crippen molar-refractivity contribution in [1.29, 1.82) is 0 Å². The molecule has 1 spiro atoms. The summed E-state index contributed by atoms with van der Waals surface area (Å²) in [5.74, 6) is 1.72. The Hall–Kier alpha value is -1.27. The number of thioether (sulfide) groups is 1. The molecule has 0 aromatic carbocycles. The van der Waals surface area contributed by atoms with Crippen LogP contribution in [0.25, 0.3) is 0 Å². The molecule has 0 unspecified atom stereocenters. The van der Waals surface area contributed by atoms with Crippen LogP contribution in [0.2, 0.25) is 0 Å². The molecule has 0 saturated carbocycles. The van der Waals surface area contributed by atoms with Gasteiger partial charge in [-0.05, 0) is 6.07 Å². The Bertz CT molecular complexity index is 477. The number of hydrogen-bond donors (Lipinski definition) is 0. The molecular weight excluding hydrogens is 276 g/mol. The van der Waals surface area contributed by atoms with E-state index < -0.39 is 0 Å². The molecule has 6 heteroatoms. The highest BCUT2D eigenvalue weighted by Crippen LogP contribution is 2.45. The largest absolute Gasteiger partial charge is 0.473 e. The molecule has 2 saturated heterocycles. The Labute approximate surface area is 122 Å². The van der Waals surface area contributed by atoms with Crippen molar-refractivity contribution in [2.75, 3.05) is 32.6 Å². The van der Waals surface area contributed by atoms with Gasteiger partial charge in [-0.25, -0.2) is 4.98 Å². The van der Waals surface area contributed by atoms with Crippen LogP contribution >= 0.6 is 11.8 Å². The lowest BCUT2D eigenvalue weighted by molar-refractivity contribution is -0.140. The molecule has 2 aliphatic heterocycles. The summed E-state index contributed by atoms with van der Waals surface area (Å²) in [6, 6.07) is 5.68. The summed E-state index contributed by atoms with van der Waals surface area (Å²) in [4.78, 5) is 17.7. The minimum atomic E-state index is 0.0767. The molecule has 0 radical (unpaired) electrons. The predicted octanol–water partition coefficient (Wildman–Crippen LogP) is 1.19. The second kappa shape index (κ2) is 5.61. The zero-order valence-corrected chi connectivity index (χ0v) is 12.3. The second-order valence-electron chi connectivity index (χ2n) is 5.29. The maximum absolute atomic E-state index is 11.7. The van der Waals surface area contributed by atoms with Crippen LogP contribution in [0.15, 0.2) is 24.4 Å². The van der Waals surface area contributed by atoms with E-state index in [-0.39, 0.29) is 23.4 Å². The molecule has 0 bridgehead atoms. The van der Waals surface area contributed by atoms with Crippen LogP contribution in [0.1, 0.15) is 6.42 Å². The van der Waals surface area contributed by atoms with Gasteiger partial charge < -0.3 is 14.4 Å². The van der Waals surface area contributed by atoms with Gasteiger partial charge in [0.15, 0.2) is 0 Å². The van der Waals surface area contributed by atoms with Crippen LogP contribution in [0.3, 0.4) is 0 Å². The molecule has 3 rings (SSSR count). The topological polar surface area (TPSA) is 51.7 Å². The van der Waals surface area contributed by atoms with Crippen LogP contribution in [0, 0.1) is 0 Å². The Balaban J connectivity index is 1.50. The molecule has 1 aromatic heterocycles. The third kappa shape index (κ3) is 2.76. The number of aromatic nitrogens is 1. The number of rotatable bonds is 4. The molecule has 3 heterocycles. The minimum Gasteiger partial charge on any atom is -0.473 e. The molecule has 0 N–H and O–H groups in total. The van der Waals surface area contributed by atoms with E-state index in [2.05, 4.69) is 4.98 Å². The van der Waals surface area contributed by atoms with E-state index >= 15 is 0 Å². The fourth-order valence-electron chi connectivity index (χ4n) is 2.73. The maximum Gasteiger partial charge on any atom is 0.248 e. The third-order valence-electron chi connectivity index (χ3n) is 3.68. The maximum atomic E-state index is 11.7. The Morgan fingerprint density at radius 3 is 3.10 bits per heavy atom. The molecule has 1 aromatic rings. The zero-order valence-electron chi connectivity index (χ0n) is 11.4. The summed E-state index contributed by atoms with van der Waals surface area (Å²) in [5.41, 5.74) is 0. The first-order valence-corrected chi connectivity index (χ1v) is 7.68. The molecule has 20 heavy (non-hydrogen) atoms. The first kappa shape index (κ1) is 13.7. The van der Waals surface area contributed by atoms with Crippen LogP contribution in [-0.2, 0) is 9.53 Å². The average molecular weight is 294 g/mol. The van der Waals surface area contributed by atoms with E-state index in [1.165, 1.54) is 0 Å². The number of methoxy groups -OCH3 is 1. The van der Waals surface area contributed by atoms with Gasteiger partial charge in [-0.3, -0.25) is 4.79 Å². The fraction of sp³-hybridized carbons (Fsp3) is 0.571.